The van der Waals surface area contributed by atoms with E-state index in [2.05, 4.69) is 115 Å². The molecule has 0 heterocycles. The van der Waals surface area contributed by atoms with Gasteiger partial charge >= 0.3 is 5.97 Å². The maximum absolute atomic E-state index is 13.4. The standard InChI is InChI=1S/C40H60O5Si/c1-29-26-40(23-18-24-43-28-42-11)33(30(2)34(25-35(40)39(29,9)10)45-36(41)37(3,4)5)27-44-46(38(6,7)8,31-19-14-12-15-20-31)32-21-16-13-17-22-32/h12-17,19-22,26,30,33-35H,18,23-25,27-28H2,1-11H3/t30-,33+,34+,35+,40+/m1/s1. The van der Waals surface area contributed by atoms with Crippen molar-refractivity contribution in [1.82, 2.24) is 0 Å². The number of rotatable bonds is 12. The first-order valence-electron chi connectivity index (χ1n) is 17.2. The van der Waals surface area contributed by atoms with Crippen LogP contribution in [0, 0.1) is 34.0 Å². The fourth-order valence-corrected chi connectivity index (χ4v) is 13.1. The lowest BCUT2D eigenvalue weighted by molar-refractivity contribution is -0.175. The predicted molar refractivity (Wildman–Crippen MR) is 191 cm³/mol. The van der Waals surface area contributed by atoms with Gasteiger partial charge in [0.1, 0.15) is 12.9 Å². The van der Waals surface area contributed by atoms with E-state index in [-0.39, 0.29) is 39.8 Å². The molecule has 2 aromatic carbocycles. The SMILES string of the molecule is COCOCCC[C@@]12C=C(C)C(C)(C)[C@@H]1C[C@H](OC(=O)C(C)(C)C)[C@H](C)[C@@H]2CO[Si](c1ccccc1)(c1ccccc1)C(C)(C)C. The van der Waals surface area contributed by atoms with E-state index in [9.17, 15) is 4.79 Å². The lowest BCUT2D eigenvalue weighted by Gasteiger charge is -2.55. The third kappa shape index (κ3) is 6.97. The number of hydrogen-bond acceptors (Lipinski definition) is 5. The Morgan fingerprint density at radius 1 is 0.935 bits per heavy atom. The normalized spacial score (nSPS) is 26.4. The molecule has 0 amide bonds. The summed E-state index contributed by atoms with van der Waals surface area (Å²) in [4.78, 5) is 13.4. The number of allylic oxidation sites excluding steroid dienone is 2. The molecule has 0 saturated heterocycles. The molecule has 2 aliphatic carbocycles. The van der Waals surface area contributed by atoms with Crippen molar-refractivity contribution in [1.29, 1.82) is 0 Å². The largest absolute Gasteiger partial charge is 0.462 e. The van der Waals surface area contributed by atoms with Crippen LogP contribution in [0.5, 0.6) is 0 Å². The van der Waals surface area contributed by atoms with E-state index in [4.69, 9.17) is 18.6 Å². The zero-order chi connectivity index (χ0) is 34.0. The molecular weight excluding hydrogens is 589 g/mol. The highest BCUT2D eigenvalue weighted by Gasteiger charge is 2.61. The Labute approximate surface area is 280 Å². The third-order valence-electron chi connectivity index (χ3n) is 11.3. The molecule has 0 radical (unpaired) electrons. The van der Waals surface area contributed by atoms with Gasteiger partial charge < -0.3 is 18.6 Å². The molecule has 5 nitrogen and oxygen atoms in total. The zero-order valence-corrected chi connectivity index (χ0v) is 31.4. The Kier molecular flexibility index (Phi) is 11.2. The number of benzene rings is 2. The molecule has 2 aliphatic rings. The third-order valence-corrected chi connectivity index (χ3v) is 16.3. The lowest BCUT2D eigenvalue weighted by Crippen LogP contribution is -2.67. The van der Waals surface area contributed by atoms with Crippen molar-refractivity contribution < 1.29 is 23.4 Å². The topological polar surface area (TPSA) is 54.0 Å². The van der Waals surface area contributed by atoms with Crippen molar-refractivity contribution in [2.45, 2.75) is 99.6 Å². The Morgan fingerprint density at radius 2 is 1.50 bits per heavy atom. The molecule has 0 aliphatic heterocycles. The van der Waals surface area contributed by atoms with Gasteiger partial charge in [0.05, 0.1) is 5.41 Å². The molecule has 1 saturated carbocycles. The van der Waals surface area contributed by atoms with Crippen LogP contribution in [0.3, 0.4) is 0 Å². The van der Waals surface area contributed by atoms with Crippen molar-refractivity contribution >= 4 is 24.7 Å². The van der Waals surface area contributed by atoms with Crippen LogP contribution in [-0.4, -0.2) is 47.5 Å². The average Bonchev–Trinajstić information content (AvgIpc) is 3.19. The van der Waals surface area contributed by atoms with Gasteiger partial charge in [0.2, 0.25) is 0 Å². The summed E-state index contributed by atoms with van der Waals surface area (Å²) in [6, 6.07) is 21.8. The maximum Gasteiger partial charge on any atom is 0.311 e. The molecule has 5 atom stereocenters. The average molecular weight is 649 g/mol. The van der Waals surface area contributed by atoms with Crippen LogP contribution in [-0.2, 0) is 23.4 Å². The van der Waals surface area contributed by atoms with Gasteiger partial charge in [-0.15, -0.1) is 0 Å². The summed E-state index contributed by atoms with van der Waals surface area (Å²) in [6.07, 6.45) is 5.17. The van der Waals surface area contributed by atoms with E-state index in [1.807, 2.05) is 20.8 Å². The Hall–Kier alpha value is -2.25. The van der Waals surface area contributed by atoms with Crippen LogP contribution >= 0.6 is 0 Å². The van der Waals surface area contributed by atoms with Gasteiger partial charge in [-0.1, -0.05) is 114 Å². The summed E-state index contributed by atoms with van der Waals surface area (Å²) in [6.45, 7) is 23.8. The molecule has 0 N–H and O–H groups in total. The van der Waals surface area contributed by atoms with Crippen LogP contribution < -0.4 is 10.4 Å². The quantitative estimate of drug-likeness (QED) is 0.0764. The fraction of sp³-hybridized carbons (Fsp3) is 0.625. The number of methoxy groups -OCH3 is 1. The molecule has 0 aromatic heterocycles. The van der Waals surface area contributed by atoms with Gasteiger partial charge in [0.15, 0.2) is 0 Å². The number of fused-ring (bicyclic) bond motifs is 1. The van der Waals surface area contributed by atoms with Crippen molar-refractivity contribution in [3.8, 4) is 0 Å². The van der Waals surface area contributed by atoms with E-state index in [1.165, 1.54) is 15.9 Å². The van der Waals surface area contributed by atoms with E-state index in [1.54, 1.807) is 7.11 Å². The Balaban J connectivity index is 1.84. The van der Waals surface area contributed by atoms with Gasteiger partial charge in [0.25, 0.3) is 8.32 Å². The summed E-state index contributed by atoms with van der Waals surface area (Å²) in [5.41, 5.74) is 0.711. The van der Waals surface area contributed by atoms with Crippen molar-refractivity contribution in [2.75, 3.05) is 27.1 Å². The number of ether oxygens (including phenoxy) is 3. The minimum absolute atomic E-state index is 0.0322. The van der Waals surface area contributed by atoms with Gasteiger partial charge in [-0.2, -0.15) is 0 Å². The first-order valence-corrected chi connectivity index (χ1v) is 19.2. The Bertz CT molecular complexity index is 1280. The molecule has 2 aromatic rings. The molecular formula is C40H60O5Si. The van der Waals surface area contributed by atoms with E-state index < -0.39 is 13.7 Å². The number of hydrogen-bond donors (Lipinski definition) is 0. The molecule has 1 fully saturated rings. The van der Waals surface area contributed by atoms with E-state index >= 15 is 0 Å². The summed E-state index contributed by atoms with van der Waals surface area (Å²) in [5.74, 6) is 0.435. The van der Waals surface area contributed by atoms with Crippen LogP contribution in [0.1, 0.15) is 88.5 Å². The minimum Gasteiger partial charge on any atom is -0.462 e. The number of carbonyl (C=O) groups excluding carboxylic acids is 1. The lowest BCUT2D eigenvalue weighted by atomic mass is 9.52. The summed E-state index contributed by atoms with van der Waals surface area (Å²) >= 11 is 0. The highest BCUT2D eigenvalue weighted by Crippen LogP contribution is 2.65. The molecule has 4 rings (SSSR count). The minimum atomic E-state index is -2.79. The second-order valence-corrected chi connectivity index (χ2v) is 20.8. The number of carbonyl (C=O) groups is 1. The summed E-state index contributed by atoms with van der Waals surface area (Å²) in [5, 5.41) is 2.43. The monoisotopic (exact) mass is 648 g/mol. The molecule has 0 unspecified atom stereocenters. The van der Waals surface area contributed by atoms with Crippen molar-refractivity contribution in [3.63, 3.8) is 0 Å². The first kappa shape index (κ1) is 36.6. The van der Waals surface area contributed by atoms with Crippen molar-refractivity contribution in [3.05, 3.63) is 72.3 Å². The van der Waals surface area contributed by atoms with Gasteiger partial charge in [0, 0.05) is 20.3 Å². The fourth-order valence-electron chi connectivity index (χ4n) is 8.52. The van der Waals surface area contributed by atoms with E-state index in [0.29, 0.717) is 25.9 Å². The van der Waals surface area contributed by atoms with Crippen molar-refractivity contribution in [2.24, 2.45) is 34.0 Å². The van der Waals surface area contributed by atoms with Crippen LogP contribution in [0.2, 0.25) is 5.04 Å². The second kappa shape index (κ2) is 14.1. The highest BCUT2D eigenvalue weighted by atomic mass is 28.4. The predicted octanol–water partition coefficient (Wildman–Crippen LogP) is 8.17. The van der Waals surface area contributed by atoms with E-state index in [0.717, 1.165) is 19.3 Å². The second-order valence-electron chi connectivity index (χ2n) is 16.5. The van der Waals surface area contributed by atoms with Gasteiger partial charge in [-0.25, -0.2) is 0 Å². The van der Waals surface area contributed by atoms with Gasteiger partial charge in [-0.05, 0) is 91.0 Å². The first-order chi connectivity index (χ1) is 21.5. The molecule has 46 heavy (non-hydrogen) atoms. The highest BCUT2D eigenvalue weighted by molar-refractivity contribution is 6.99. The molecule has 0 bridgehead atoms. The zero-order valence-electron chi connectivity index (χ0n) is 30.4. The molecule has 0 spiro atoms. The number of esters is 1. The van der Waals surface area contributed by atoms with Gasteiger partial charge in [-0.3, -0.25) is 4.79 Å². The summed E-state index contributed by atoms with van der Waals surface area (Å²) in [7, 11) is -1.13. The molecule has 6 heteroatoms. The van der Waals surface area contributed by atoms with Crippen LogP contribution in [0.25, 0.3) is 0 Å². The van der Waals surface area contributed by atoms with Crippen LogP contribution in [0.4, 0.5) is 0 Å². The van der Waals surface area contributed by atoms with Crippen LogP contribution in [0.15, 0.2) is 72.3 Å². The summed E-state index contributed by atoms with van der Waals surface area (Å²) < 4.78 is 25.1. The smallest absolute Gasteiger partial charge is 0.311 e. The molecule has 254 valence electrons. The maximum atomic E-state index is 13.4. The Morgan fingerprint density at radius 3 is 2.00 bits per heavy atom.